The molecule has 4 heteroatoms. The number of hydrogen-bond donors (Lipinski definition) is 1. The zero-order valence-electron chi connectivity index (χ0n) is 11.8. The Bertz CT molecular complexity index is 781. The fourth-order valence-electron chi connectivity index (χ4n) is 2.15. The van der Waals surface area contributed by atoms with Crippen LogP contribution in [-0.4, -0.2) is 22.0 Å². The first-order valence-corrected chi connectivity index (χ1v) is 6.58. The molecule has 0 aliphatic heterocycles. The summed E-state index contributed by atoms with van der Waals surface area (Å²) in [5.41, 5.74) is 4.45. The fourth-order valence-corrected chi connectivity index (χ4v) is 2.15. The maximum absolute atomic E-state index is 4.68. The van der Waals surface area contributed by atoms with Gasteiger partial charge in [-0.2, -0.15) is 0 Å². The van der Waals surface area contributed by atoms with E-state index in [1.165, 1.54) is 0 Å². The fraction of sp³-hybridized carbons (Fsp3) is 0.188. The lowest BCUT2D eigenvalue weighted by Crippen LogP contribution is -2.03. The molecule has 0 unspecified atom stereocenters. The van der Waals surface area contributed by atoms with Crippen LogP contribution in [0, 0.1) is 13.8 Å². The Morgan fingerprint density at radius 3 is 2.40 bits per heavy atom. The van der Waals surface area contributed by atoms with Gasteiger partial charge in [0.15, 0.2) is 5.82 Å². The third-order valence-corrected chi connectivity index (χ3v) is 3.38. The smallest absolute Gasteiger partial charge is 0.154 e. The molecule has 4 nitrogen and oxygen atoms in total. The average molecular weight is 264 g/mol. The van der Waals surface area contributed by atoms with Gasteiger partial charge in [-0.1, -0.05) is 24.3 Å². The third kappa shape index (κ3) is 2.09. The van der Waals surface area contributed by atoms with Crippen molar-refractivity contribution in [1.29, 1.82) is 0 Å². The quantitative estimate of drug-likeness (QED) is 0.771. The normalized spacial score (nSPS) is 10.8. The summed E-state index contributed by atoms with van der Waals surface area (Å²) in [6.45, 7) is 3.92. The number of rotatable bonds is 2. The summed E-state index contributed by atoms with van der Waals surface area (Å²) < 4.78 is 0. The van der Waals surface area contributed by atoms with Crippen LogP contribution in [0.1, 0.15) is 11.4 Å². The van der Waals surface area contributed by atoms with Crippen LogP contribution in [0.3, 0.4) is 0 Å². The van der Waals surface area contributed by atoms with Gasteiger partial charge >= 0.3 is 0 Å². The highest BCUT2D eigenvalue weighted by atomic mass is 15.0. The summed E-state index contributed by atoms with van der Waals surface area (Å²) in [5, 5.41) is 4.22. The number of nitrogens with zero attached hydrogens (tertiary/aromatic N) is 3. The number of anilines is 1. The molecule has 3 rings (SSSR count). The predicted molar refractivity (Wildman–Crippen MR) is 81.8 cm³/mol. The van der Waals surface area contributed by atoms with Gasteiger partial charge in [-0.25, -0.2) is 15.0 Å². The molecule has 2 aromatic heterocycles. The molecule has 0 radical (unpaired) electrons. The van der Waals surface area contributed by atoms with Crippen molar-refractivity contribution in [3.63, 3.8) is 0 Å². The van der Waals surface area contributed by atoms with Gasteiger partial charge in [0.25, 0.3) is 0 Å². The van der Waals surface area contributed by atoms with E-state index >= 15 is 0 Å². The topological polar surface area (TPSA) is 50.7 Å². The molecule has 20 heavy (non-hydrogen) atoms. The van der Waals surface area contributed by atoms with E-state index in [9.17, 15) is 0 Å². The number of fused-ring (bicyclic) bond motifs is 1. The Hall–Kier alpha value is -2.49. The Kier molecular flexibility index (Phi) is 3.06. The minimum Gasteiger partial charge on any atom is -0.371 e. The van der Waals surface area contributed by atoms with Crippen LogP contribution in [0.25, 0.3) is 22.3 Å². The number of nitrogens with one attached hydrogen (secondary N) is 1. The van der Waals surface area contributed by atoms with Crippen LogP contribution in [0.15, 0.2) is 36.4 Å². The van der Waals surface area contributed by atoms with Gasteiger partial charge in [-0.05, 0) is 26.0 Å². The molecule has 0 bridgehead atoms. The SMILES string of the molecule is CNc1nc(C)c(C)nc1-c1ccc2ccccc2n1. The van der Waals surface area contributed by atoms with Crippen molar-refractivity contribution in [1.82, 2.24) is 15.0 Å². The van der Waals surface area contributed by atoms with Crippen LogP contribution in [-0.2, 0) is 0 Å². The van der Waals surface area contributed by atoms with Crippen molar-refractivity contribution in [3.05, 3.63) is 47.8 Å². The second-order valence-corrected chi connectivity index (χ2v) is 4.73. The first-order chi connectivity index (χ1) is 9.69. The van der Waals surface area contributed by atoms with E-state index in [1.807, 2.05) is 45.2 Å². The molecule has 100 valence electrons. The molecular formula is C16H16N4. The van der Waals surface area contributed by atoms with E-state index in [2.05, 4.69) is 32.4 Å². The van der Waals surface area contributed by atoms with Crippen LogP contribution < -0.4 is 5.32 Å². The van der Waals surface area contributed by atoms with E-state index in [-0.39, 0.29) is 0 Å². The van der Waals surface area contributed by atoms with E-state index in [0.29, 0.717) is 0 Å². The lowest BCUT2D eigenvalue weighted by molar-refractivity contribution is 1.05. The average Bonchev–Trinajstić information content (AvgIpc) is 2.49. The first-order valence-electron chi connectivity index (χ1n) is 6.58. The van der Waals surface area contributed by atoms with E-state index < -0.39 is 0 Å². The number of aryl methyl sites for hydroxylation is 2. The lowest BCUT2D eigenvalue weighted by Gasteiger charge is -2.10. The van der Waals surface area contributed by atoms with Crippen molar-refractivity contribution < 1.29 is 0 Å². The summed E-state index contributed by atoms with van der Waals surface area (Å²) in [7, 11) is 1.85. The van der Waals surface area contributed by atoms with Gasteiger partial charge in [0, 0.05) is 12.4 Å². The number of aromatic nitrogens is 3. The highest BCUT2D eigenvalue weighted by Crippen LogP contribution is 2.25. The molecule has 0 aliphatic carbocycles. The first kappa shape index (κ1) is 12.5. The Labute approximate surface area is 117 Å². The van der Waals surface area contributed by atoms with Crippen LogP contribution >= 0.6 is 0 Å². The standard InChI is InChI=1S/C16H16N4/c1-10-11(2)19-16(17-3)15(18-10)14-9-8-12-6-4-5-7-13(12)20-14/h4-9H,1-3H3,(H,17,19). The minimum atomic E-state index is 0.760. The number of pyridine rings is 1. The maximum atomic E-state index is 4.68. The maximum Gasteiger partial charge on any atom is 0.154 e. The van der Waals surface area contributed by atoms with Gasteiger partial charge in [0.2, 0.25) is 0 Å². The van der Waals surface area contributed by atoms with Crippen molar-refractivity contribution in [3.8, 4) is 11.4 Å². The van der Waals surface area contributed by atoms with Crippen molar-refractivity contribution in [2.24, 2.45) is 0 Å². The Morgan fingerprint density at radius 1 is 0.850 bits per heavy atom. The zero-order valence-corrected chi connectivity index (χ0v) is 11.8. The third-order valence-electron chi connectivity index (χ3n) is 3.38. The van der Waals surface area contributed by atoms with Gasteiger partial charge < -0.3 is 5.32 Å². The van der Waals surface area contributed by atoms with Crippen LogP contribution in [0.2, 0.25) is 0 Å². The molecular weight excluding hydrogens is 248 g/mol. The Morgan fingerprint density at radius 2 is 1.60 bits per heavy atom. The number of benzene rings is 1. The zero-order chi connectivity index (χ0) is 14.1. The molecule has 0 saturated heterocycles. The molecule has 1 N–H and O–H groups in total. The summed E-state index contributed by atoms with van der Waals surface area (Å²) in [5.74, 6) is 0.760. The second-order valence-electron chi connectivity index (χ2n) is 4.73. The molecule has 0 spiro atoms. The van der Waals surface area contributed by atoms with Gasteiger partial charge in [0.05, 0.1) is 22.6 Å². The van der Waals surface area contributed by atoms with Crippen LogP contribution in [0.4, 0.5) is 5.82 Å². The summed E-state index contributed by atoms with van der Waals surface area (Å²) in [6, 6.07) is 12.1. The highest BCUT2D eigenvalue weighted by molar-refractivity contribution is 5.82. The largest absolute Gasteiger partial charge is 0.371 e. The van der Waals surface area contributed by atoms with Crippen molar-refractivity contribution in [2.75, 3.05) is 12.4 Å². The number of hydrogen-bond acceptors (Lipinski definition) is 4. The minimum absolute atomic E-state index is 0.760. The summed E-state index contributed by atoms with van der Waals surface area (Å²) in [6.07, 6.45) is 0. The van der Waals surface area contributed by atoms with Gasteiger partial charge in [-0.15, -0.1) is 0 Å². The van der Waals surface area contributed by atoms with E-state index in [4.69, 9.17) is 0 Å². The predicted octanol–water partition coefficient (Wildman–Crippen LogP) is 3.35. The van der Waals surface area contributed by atoms with E-state index in [1.54, 1.807) is 0 Å². The summed E-state index contributed by atoms with van der Waals surface area (Å²) in [4.78, 5) is 13.8. The molecule has 0 saturated carbocycles. The Balaban J connectivity index is 2.22. The van der Waals surface area contributed by atoms with Gasteiger partial charge in [-0.3, -0.25) is 0 Å². The molecule has 0 atom stereocenters. The monoisotopic (exact) mass is 264 g/mol. The van der Waals surface area contributed by atoms with Gasteiger partial charge in [0.1, 0.15) is 5.69 Å². The van der Waals surface area contributed by atoms with Crippen molar-refractivity contribution >= 4 is 16.7 Å². The second kappa shape index (κ2) is 4.89. The van der Waals surface area contributed by atoms with Crippen LogP contribution in [0.5, 0.6) is 0 Å². The highest BCUT2D eigenvalue weighted by Gasteiger charge is 2.11. The molecule has 3 aromatic rings. The van der Waals surface area contributed by atoms with Crippen molar-refractivity contribution in [2.45, 2.75) is 13.8 Å². The number of para-hydroxylation sites is 1. The molecule has 0 fully saturated rings. The summed E-state index contributed by atoms with van der Waals surface area (Å²) >= 11 is 0. The molecule has 1 aromatic carbocycles. The lowest BCUT2D eigenvalue weighted by atomic mass is 10.1. The molecule has 0 aliphatic rings. The van der Waals surface area contributed by atoms with E-state index in [0.717, 1.165) is 39.5 Å². The molecule has 2 heterocycles. The molecule has 0 amide bonds.